The molecule has 2 aromatic rings. The van der Waals surface area contributed by atoms with Crippen LogP contribution in [0.1, 0.15) is 11.1 Å². The Bertz CT molecular complexity index is 540. The Balaban J connectivity index is 2.09. The third-order valence-electron chi connectivity index (χ3n) is 2.81. The number of methoxy groups -OCH3 is 1. The third kappa shape index (κ3) is 2.99. The number of hydrogen-bond acceptors (Lipinski definition) is 3. The fourth-order valence-corrected chi connectivity index (χ4v) is 2.70. The molecule has 0 saturated carbocycles. The molecule has 0 unspecified atom stereocenters. The van der Waals surface area contributed by atoms with Crippen LogP contribution in [0.2, 0.25) is 0 Å². The van der Waals surface area contributed by atoms with Crippen molar-refractivity contribution in [3.05, 3.63) is 53.6 Å². The summed E-state index contributed by atoms with van der Waals surface area (Å²) in [5.74, 6) is 1.79. The molecule has 2 nitrogen and oxygen atoms in total. The summed E-state index contributed by atoms with van der Waals surface area (Å²) in [5, 5.41) is 0. The van der Waals surface area contributed by atoms with E-state index in [2.05, 4.69) is 18.2 Å². The Labute approximate surface area is 112 Å². The Morgan fingerprint density at radius 2 is 1.94 bits per heavy atom. The van der Waals surface area contributed by atoms with Crippen molar-refractivity contribution < 1.29 is 4.74 Å². The van der Waals surface area contributed by atoms with Crippen molar-refractivity contribution in [2.45, 2.75) is 17.6 Å². The van der Waals surface area contributed by atoms with Crippen molar-refractivity contribution in [3.8, 4) is 5.75 Å². The second kappa shape index (κ2) is 5.83. The Morgan fingerprint density at radius 1 is 1.17 bits per heavy atom. The van der Waals surface area contributed by atoms with E-state index in [9.17, 15) is 0 Å². The van der Waals surface area contributed by atoms with Gasteiger partial charge < -0.3 is 10.5 Å². The van der Waals surface area contributed by atoms with E-state index in [1.165, 1.54) is 5.56 Å². The molecule has 0 aromatic heterocycles. The topological polar surface area (TPSA) is 35.2 Å². The highest BCUT2D eigenvalue weighted by atomic mass is 32.2. The number of rotatable bonds is 4. The Hall–Kier alpha value is -1.61. The maximum absolute atomic E-state index is 6.06. The van der Waals surface area contributed by atoms with Crippen molar-refractivity contribution in [1.82, 2.24) is 0 Å². The summed E-state index contributed by atoms with van der Waals surface area (Å²) < 4.78 is 5.22. The molecular weight excluding hydrogens is 242 g/mol. The molecule has 3 heteroatoms. The average molecular weight is 259 g/mol. The number of nitrogens with two attached hydrogens (primary N) is 1. The number of anilines is 1. The van der Waals surface area contributed by atoms with Crippen molar-refractivity contribution in [3.63, 3.8) is 0 Å². The summed E-state index contributed by atoms with van der Waals surface area (Å²) in [4.78, 5) is 1.14. The lowest BCUT2D eigenvalue weighted by atomic mass is 10.2. The molecular formula is C15H17NOS. The van der Waals surface area contributed by atoms with E-state index in [1.54, 1.807) is 18.9 Å². The third-order valence-corrected chi connectivity index (χ3v) is 3.96. The summed E-state index contributed by atoms with van der Waals surface area (Å²) in [6, 6.07) is 14.3. The summed E-state index contributed by atoms with van der Waals surface area (Å²) >= 11 is 1.75. The summed E-state index contributed by atoms with van der Waals surface area (Å²) in [6.45, 7) is 2.03. The highest BCUT2D eigenvalue weighted by Gasteiger charge is 2.03. The molecule has 0 spiro atoms. The first-order chi connectivity index (χ1) is 8.70. The largest absolute Gasteiger partial charge is 0.497 e. The van der Waals surface area contributed by atoms with Gasteiger partial charge in [-0.1, -0.05) is 24.3 Å². The fourth-order valence-electron chi connectivity index (χ4n) is 1.70. The standard InChI is InChI=1S/C15H17NOS/c1-11-5-3-8-14(15(11)16)18-10-12-6-4-7-13(9-12)17-2/h3-9H,10,16H2,1-2H3. The van der Waals surface area contributed by atoms with Crippen LogP contribution < -0.4 is 10.5 Å². The average Bonchev–Trinajstić information content (AvgIpc) is 2.41. The number of benzene rings is 2. The molecule has 0 saturated heterocycles. The number of para-hydroxylation sites is 1. The summed E-state index contributed by atoms with van der Waals surface area (Å²) in [6.07, 6.45) is 0. The monoisotopic (exact) mass is 259 g/mol. The molecule has 0 atom stereocenters. The van der Waals surface area contributed by atoms with Crippen LogP contribution >= 0.6 is 11.8 Å². The minimum atomic E-state index is 0.880. The quantitative estimate of drug-likeness (QED) is 0.668. The van der Waals surface area contributed by atoms with Gasteiger partial charge in [0.1, 0.15) is 5.75 Å². The molecule has 2 N–H and O–H groups in total. The lowest BCUT2D eigenvalue weighted by molar-refractivity contribution is 0.414. The summed E-state index contributed by atoms with van der Waals surface area (Å²) in [7, 11) is 1.69. The van der Waals surface area contributed by atoms with Gasteiger partial charge in [-0.25, -0.2) is 0 Å². The van der Waals surface area contributed by atoms with E-state index in [-0.39, 0.29) is 0 Å². The zero-order chi connectivity index (χ0) is 13.0. The van der Waals surface area contributed by atoms with Gasteiger partial charge in [0.2, 0.25) is 0 Å². The van der Waals surface area contributed by atoms with Gasteiger partial charge in [-0.15, -0.1) is 11.8 Å². The highest BCUT2D eigenvalue weighted by Crippen LogP contribution is 2.30. The minimum Gasteiger partial charge on any atom is -0.497 e. The van der Waals surface area contributed by atoms with Crippen molar-refractivity contribution in [2.75, 3.05) is 12.8 Å². The molecule has 0 aliphatic heterocycles. The van der Waals surface area contributed by atoms with E-state index < -0.39 is 0 Å². The maximum Gasteiger partial charge on any atom is 0.119 e. The second-order valence-corrected chi connectivity index (χ2v) is 5.14. The molecule has 94 valence electrons. The normalized spacial score (nSPS) is 10.3. The zero-order valence-corrected chi connectivity index (χ0v) is 11.5. The maximum atomic E-state index is 6.06. The van der Waals surface area contributed by atoms with Gasteiger partial charge >= 0.3 is 0 Å². The van der Waals surface area contributed by atoms with Gasteiger partial charge in [0.05, 0.1) is 7.11 Å². The number of hydrogen-bond donors (Lipinski definition) is 1. The molecule has 2 rings (SSSR count). The van der Waals surface area contributed by atoms with Gasteiger partial charge in [-0.3, -0.25) is 0 Å². The molecule has 2 aromatic carbocycles. The smallest absolute Gasteiger partial charge is 0.119 e. The van der Waals surface area contributed by atoms with Crippen molar-refractivity contribution in [2.24, 2.45) is 0 Å². The second-order valence-electron chi connectivity index (χ2n) is 4.13. The number of thioether (sulfide) groups is 1. The van der Waals surface area contributed by atoms with E-state index in [4.69, 9.17) is 10.5 Å². The summed E-state index contributed by atoms with van der Waals surface area (Å²) in [5.41, 5.74) is 9.30. The number of aryl methyl sites for hydroxylation is 1. The fraction of sp³-hybridized carbons (Fsp3) is 0.200. The Morgan fingerprint density at radius 3 is 2.72 bits per heavy atom. The van der Waals surface area contributed by atoms with Crippen LogP contribution in [0.5, 0.6) is 5.75 Å². The van der Waals surface area contributed by atoms with Crippen LogP contribution in [-0.2, 0) is 5.75 Å². The van der Waals surface area contributed by atoms with Crippen LogP contribution in [-0.4, -0.2) is 7.11 Å². The molecule has 0 heterocycles. The number of ether oxygens (including phenoxy) is 1. The predicted molar refractivity (Wildman–Crippen MR) is 78.1 cm³/mol. The SMILES string of the molecule is COc1cccc(CSc2cccc(C)c2N)c1. The van der Waals surface area contributed by atoms with Gasteiger partial charge in [-0.05, 0) is 36.2 Å². The first kappa shape index (κ1) is 12.8. The zero-order valence-electron chi connectivity index (χ0n) is 10.6. The highest BCUT2D eigenvalue weighted by molar-refractivity contribution is 7.98. The molecule has 18 heavy (non-hydrogen) atoms. The van der Waals surface area contributed by atoms with E-state index >= 15 is 0 Å². The van der Waals surface area contributed by atoms with Gasteiger partial charge in [0.25, 0.3) is 0 Å². The molecule has 0 amide bonds. The van der Waals surface area contributed by atoms with E-state index in [0.717, 1.165) is 27.6 Å². The van der Waals surface area contributed by atoms with Gasteiger partial charge in [0.15, 0.2) is 0 Å². The lowest BCUT2D eigenvalue weighted by Crippen LogP contribution is -1.92. The predicted octanol–water partition coefficient (Wildman–Crippen LogP) is 3.88. The molecule has 0 radical (unpaired) electrons. The first-order valence-corrected chi connectivity index (χ1v) is 6.80. The van der Waals surface area contributed by atoms with Gasteiger partial charge in [0, 0.05) is 16.3 Å². The van der Waals surface area contributed by atoms with Crippen LogP contribution in [0, 0.1) is 6.92 Å². The van der Waals surface area contributed by atoms with Crippen molar-refractivity contribution >= 4 is 17.4 Å². The Kier molecular flexibility index (Phi) is 4.15. The molecule has 0 aliphatic carbocycles. The molecule has 0 bridgehead atoms. The first-order valence-electron chi connectivity index (χ1n) is 5.81. The van der Waals surface area contributed by atoms with Crippen LogP contribution in [0.4, 0.5) is 5.69 Å². The van der Waals surface area contributed by atoms with E-state index in [0.29, 0.717) is 0 Å². The minimum absolute atomic E-state index is 0.880. The van der Waals surface area contributed by atoms with Crippen molar-refractivity contribution in [1.29, 1.82) is 0 Å². The van der Waals surface area contributed by atoms with Crippen LogP contribution in [0.3, 0.4) is 0 Å². The van der Waals surface area contributed by atoms with Crippen LogP contribution in [0.25, 0.3) is 0 Å². The van der Waals surface area contributed by atoms with Gasteiger partial charge in [-0.2, -0.15) is 0 Å². The van der Waals surface area contributed by atoms with E-state index in [1.807, 2.05) is 31.2 Å². The lowest BCUT2D eigenvalue weighted by Gasteiger charge is -2.08. The number of nitrogen functional groups attached to an aromatic ring is 1. The van der Waals surface area contributed by atoms with Crippen LogP contribution in [0.15, 0.2) is 47.4 Å². The molecule has 0 aliphatic rings. The molecule has 0 fully saturated rings.